The van der Waals surface area contributed by atoms with Gasteiger partial charge >= 0.3 is 0 Å². The average molecular weight is 417 g/mol. The highest BCUT2D eigenvalue weighted by molar-refractivity contribution is 7.14. The molecule has 1 N–H and O–H groups in total. The molecule has 0 aliphatic carbocycles. The third-order valence-corrected chi connectivity index (χ3v) is 5.82. The summed E-state index contributed by atoms with van der Waals surface area (Å²) in [6, 6.07) is 12.8. The van der Waals surface area contributed by atoms with Crippen molar-refractivity contribution in [3.05, 3.63) is 52.9 Å². The first-order valence-corrected chi connectivity index (χ1v) is 11.2. The van der Waals surface area contributed by atoms with Crippen LogP contribution in [-0.2, 0) is 22.6 Å². The number of ether oxygens (including phenoxy) is 2. The summed E-state index contributed by atoms with van der Waals surface area (Å²) < 4.78 is 11.0. The zero-order valence-corrected chi connectivity index (χ0v) is 18.3. The van der Waals surface area contributed by atoms with E-state index in [-0.39, 0.29) is 0 Å². The number of aliphatic imine (C=N–C) groups is 1. The molecule has 2 heterocycles. The zero-order valence-electron chi connectivity index (χ0n) is 17.5. The van der Waals surface area contributed by atoms with Crippen molar-refractivity contribution in [2.75, 3.05) is 57.9 Å². The zero-order chi connectivity index (χ0) is 20.3. The van der Waals surface area contributed by atoms with Crippen molar-refractivity contribution < 1.29 is 9.47 Å². The number of piperazine rings is 1. The van der Waals surface area contributed by atoms with Gasteiger partial charge in [0.1, 0.15) is 0 Å². The molecule has 1 aliphatic heterocycles. The van der Waals surface area contributed by atoms with E-state index in [2.05, 4.69) is 61.9 Å². The van der Waals surface area contributed by atoms with Gasteiger partial charge in [-0.25, -0.2) is 0 Å². The van der Waals surface area contributed by atoms with Crippen LogP contribution in [0.3, 0.4) is 0 Å². The molecule has 0 bridgehead atoms. The maximum atomic E-state index is 5.68. The fraction of sp³-hybridized carbons (Fsp3) is 0.500. The number of rotatable bonds is 9. The number of thiophene rings is 1. The van der Waals surface area contributed by atoms with Crippen molar-refractivity contribution >= 4 is 22.3 Å². The number of nitrogens with zero attached hydrogens (tertiary/aromatic N) is 3. The van der Waals surface area contributed by atoms with Crippen LogP contribution in [0.5, 0.6) is 0 Å². The van der Waals surface area contributed by atoms with Crippen LogP contribution in [0.15, 0.2) is 46.8 Å². The van der Waals surface area contributed by atoms with Gasteiger partial charge in [-0.05, 0) is 35.6 Å². The lowest BCUT2D eigenvalue weighted by atomic mass is 10.1. The third-order valence-electron chi connectivity index (χ3n) is 4.90. The van der Waals surface area contributed by atoms with Gasteiger partial charge in [0.2, 0.25) is 0 Å². The van der Waals surface area contributed by atoms with Crippen molar-refractivity contribution in [1.29, 1.82) is 0 Å². The number of benzene rings is 1. The summed E-state index contributed by atoms with van der Waals surface area (Å²) >= 11 is 1.81. The van der Waals surface area contributed by atoms with Gasteiger partial charge in [-0.2, -0.15) is 0 Å². The van der Waals surface area contributed by atoms with E-state index >= 15 is 0 Å². The highest BCUT2D eigenvalue weighted by Crippen LogP contribution is 2.22. The quantitative estimate of drug-likeness (QED) is 0.386. The van der Waals surface area contributed by atoms with Gasteiger partial charge in [-0.15, -0.1) is 11.3 Å². The standard InChI is InChI=1S/C22H32N4O2S/c1-3-27-13-14-28-18-20-7-4-6-19(16-20)17-24-22(23-2)26-11-9-25(10-12-26)21-8-5-15-29-21/h4-8,15-16H,3,9-14,17-18H2,1-2H3,(H,23,24). The Labute approximate surface area is 178 Å². The molecule has 1 aliphatic rings. The highest BCUT2D eigenvalue weighted by Gasteiger charge is 2.20. The van der Waals surface area contributed by atoms with E-state index < -0.39 is 0 Å². The van der Waals surface area contributed by atoms with E-state index in [1.165, 1.54) is 16.1 Å². The first kappa shape index (κ1) is 21.6. The van der Waals surface area contributed by atoms with Crippen LogP contribution in [0.4, 0.5) is 5.00 Å². The normalized spacial score (nSPS) is 15.0. The Morgan fingerprint density at radius 3 is 2.59 bits per heavy atom. The molecule has 29 heavy (non-hydrogen) atoms. The molecule has 0 amide bonds. The minimum atomic E-state index is 0.611. The Morgan fingerprint density at radius 1 is 1.07 bits per heavy atom. The van der Waals surface area contributed by atoms with E-state index in [9.17, 15) is 0 Å². The van der Waals surface area contributed by atoms with Crippen molar-refractivity contribution in [1.82, 2.24) is 10.2 Å². The Kier molecular flexibility index (Phi) is 8.80. The molecule has 158 valence electrons. The summed E-state index contributed by atoms with van der Waals surface area (Å²) in [7, 11) is 1.86. The fourth-order valence-electron chi connectivity index (χ4n) is 3.38. The molecular weight excluding hydrogens is 384 g/mol. The average Bonchev–Trinajstić information content (AvgIpc) is 3.30. The maximum Gasteiger partial charge on any atom is 0.194 e. The molecular formula is C22H32N4O2S. The molecule has 6 nitrogen and oxygen atoms in total. The number of hydrogen-bond acceptors (Lipinski definition) is 5. The summed E-state index contributed by atoms with van der Waals surface area (Å²) in [5, 5.41) is 7.01. The summed E-state index contributed by atoms with van der Waals surface area (Å²) in [4.78, 5) is 9.28. The van der Waals surface area contributed by atoms with Gasteiger partial charge in [0.15, 0.2) is 5.96 Å². The van der Waals surface area contributed by atoms with Gasteiger partial charge in [-0.3, -0.25) is 4.99 Å². The molecule has 0 radical (unpaired) electrons. The Hall–Kier alpha value is -2.09. The lowest BCUT2D eigenvalue weighted by Gasteiger charge is -2.37. The van der Waals surface area contributed by atoms with E-state index in [4.69, 9.17) is 9.47 Å². The van der Waals surface area contributed by atoms with Gasteiger partial charge in [0, 0.05) is 46.4 Å². The molecule has 1 fully saturated rings. The van der Waals surface area contributed by atoms with Crippen LogP contribution < -0.4 is 10.2 Å². The van der Waals surface area contributed by atoms with Gasteiger partial charge in [0.25, 0.3) is 0 Å². The summed E-state index contributed by atoms with van der Waals surface area (Å²) in [6.07, 6.45) is 0. The van der Waals surface area contributed by atoms with Crippen molar-refractivity contribution in [3.8, 4) is 0 Å². The van der Waals surface area contributed by atoms with E-state index in [0.29, 0.717) is 19.8 Å². The van der Waals surface area contributed by atoms with Crippen molar-refractivity contribution in [2.45, 2.75) is 20.1 Å². The molecule has 3 rings (SSSR count). The molecule has 0 unspecified atom stereocenters. The number of anilines is 1. The SMILES string of the molecule is CCOCCOCc1cccc(CNC(=NC)N2CCN(c3cccs3)CC2)c1. The summed E-state index contributed by atoms with van der Waals surface area (Å²) in [5.41, 5.74) is 2.41. The second kappa shape index (κ2) is 11.8. The topological polar surface area (TPSA) is 49.3 Å². The van der Waals surface area contributed by atoms with Crippen LogP contribution in [0.1, 0.15) is 18.1 Å². The highest BCUT2D eigenvalue weighted by atomic mass is 32.1. The molecule has 0 spiro atoms. The largest absolute Gasteiger partial charge is 0.379 e. The van der Waals surface area contributed by atoms with E-state index in [1.54, 1.807) is 0 Å². The number of hydrogen-bond donors (Lipinski definition) is 1. The molecule has 0 saturated carbocycles. The van der Waals surface area contributed by atoms with E-state index in [1.807, 2.05) is 25.3 Å². The Bertz CT molecular complexity index is 743. The number of nitrogens with one attached hydrogen (secondary N) is 1. The molecule has 1 aromatic carbocycles. The van der Waals surface area contributed by atoms with Gasteiger partial charge in [-0.1, -0.05) is 24.3 Å². The van der Waals surface area contributed by atoms with Crippen LogP contribution in [0.25, 0.3) is 0 Å². The smallest absolute Gasteiger partial charge is 0.194 e. The molecule has 1 aromatic heterocycles. The molecule has 2 aromatic rings. The predicted molar refractivity (Wildman–Crippen MR) is 121 cm³/mol. The maximum absolute atomic E-state index is 5.68. The van der Waals surface area contributed by atoms with E-state index in [0.717, 1.165) is 45.3 Å². The van der Waals surface area contributed by atoms with Crippen LogP contribution in [0, 0.1) is 0 Å². The molecule has 0 atom stereocenters. The lowest BCUT2D eigenvalue weighted by molar-refractivity contribution is 0.0453. The summed E-state index contributed by atoms with van der Waals surface area (Å²) in [5.74, 6) is 0.967. The van der Waals surface area contributed by atoms with Crippen LogP contribution in [-0.4, -0.2) is 63.9 Å². The van der Waals surface area contributed by atoms with Gasteiger partial charge < -0.3 is 24.6 Å². The first-order chi connectivity index (χ1) is 14.3. The lowest BCUT2D eigenvalue weighted by Crippen LogP contribution is -2.52. The fourth-order valence-corrected chi connectivity index (χ4v) is 4.17. The predicted octanol–water partition coefficient (Wildman–Crippen LogP) is 3.20. The first-order valence-electron chi connectivity index (χ1n) is 10.3. The third kappa shape index (κ3) is 6.73. The molecule has 7 heteroatoms. The monoisotopic (exact) mass is 416 g/mol. The Morgan fingerprint density at radius 2 is 1.86 bits per heavy atom. The van der Waals surface area contributed by atoms with Crippen LogP contribution in [0.2, 0.25) is 0 Å². The Balaban J connectivity index is 1.44. The van der Waals surface area contributed by atoms with Gasteiger partial charge in [0.05, 0.1) is 24.8 Å². The summed E-state index contributed by atoms with van der Waals surface area (Å²) in [6.45, 7) is 9.37. The molecule has 1 saturated heterocycles. The van der Waals surface area contributed by atoms with Crippen molar-refractivity contribution in [3.63, 3.8) is 0 Å². The minimum Gasteiger partial charge on any atom is -0.379 e. The van der Waals surface area contributed by atoms with Crippen molar-refractivity contribution in [2.24, 2.45) is 4.99 Å². The second-order valence-electron chi connectivity index (χ2n) is 6.90. The van der Waals surface area contributed by atoms with Crippen LogP contribution >= 0.6 is 11.3 Å². The minimum absolute atomic E-state index is 0.611. The number of guanidine groups is 1. The second-order valence-corrected chi connectivity index (χ2v) is 7.82.